The first kappa shape index (κ1) is 15.3. The summed E-state index contributed by atoms with van der Waals surface area (Å²) in [5, 5.41) is 8.37. The van der Waals surface area contributed by atoms with Crippen molar-refractivity contribution in [1.29, 1.82) is 0 Å². The number of ether oxygens (including phenoxy) is 1. The van der Waals surface area contributed by atoms with Crippen molar-refractivity contribution in [2.75, 3.05) is 12.4 Å². The Labute approximate surface area is 124 Å². The maximum atomic E-state index is 11.4. The van der Waals surface area contributed by atoms with Crippen LogP contribution in [0, 0.1) is 6.92 Å². The second kappa shape index (κ2) is 6.15. The maximum Gasteiger partial charge on any atom is 0.238 e. The third-order valence-corrected chi connectivity index (χ3v) is 4.07. The van der Waals surface area contributed by atoms with E-state index in [0.717, 1.165) is 22.6 Å². The van der Waals surface area contributed by atoms with Gasteiger partial charge in [-0.25, -0.2) is 13.6 Å². The number of nitrogens with two attached hydrogens (primary N) is 1. The predicted molar refractivity (Wildman–Crippen MR) is 82.9 cm³/mol. The molecule has 0 heterocycles. The molecule has 21 heavy (non-hydrogen) atoms. The second-order valence-electron chi connectivity index (χ2n) is 4.73. The van der Waals surface area contributed by atoms with E-state index in [1.165, 1.54) is 6.07 Å². The summed E-state index contributed by atoms with van der Waals surface area (Å²) in [5.41, 5.74) is 2.73. The molecule has 0 radical (unpaired) electrons. The number of primary sulfonamides is 1. The van der Waals surface area contributed by atoms with Gasteiger partial charge in [-0.2, -0.15) is 0 Å². The minimum Gasteiger partial charge on any atom is -0.497 e. The number of nitrogens with one attached hydrogen (secondary N) is 1. The Morgan fingerprint density at radius 3 is 2.62 bits per heavy atom. The molecule has 0 aliphatic rings. The highest BCUT2D eigenvalue weighted by Gasteiger charge is 2.09. The average molecular weight is 306 g/mol. The fourth-order valence-corrected chi connectivity index (χ4v) is 2.49. The van der Waals surface area contributed by atoms with Gasteiger partial charge in [-0.05, 0) is 42.3 Å². The molecule has 0 amide bonds. The third kappa shape index (κ3) is 3.96. The van der Waals surface area contributed by atoms with Gasteiger partial charge >= 0.3 is 0 Å². The highest BCUT2D eigenvalue weighted by Crippen LogP contribution is 2.21. The Morgan fingerprint density at radius 2 is 1.95 bits per heavy atom. The molecule has 0 aliphatic heterocycles. The summed E-state index contributed by atoms with van der Waals surface area (Å²) in [6.45, 7) is 2.47. The van der Waals surface area contributed by atoms with E-state index in [2.05, 4.69) is 5.32 Å². The molecule has 5 nitrogen and oxygen atoms in total. The van der Waals surface area contributed by atoms with Crippen LogP contribution < -0.4 is 15.2 Å². The van der Waals surface area contributed by atoms with Crippen molar-refractivity contribution in [3.05, 3.63) is 53.6 Å². The van der Waals surface area contributed by atoms with Gasteiger partial charge in [-0.3, -0.25) is 0 Å². The predicted octanol–water partition coefficient (Wildman–Crippen LogP) is 2.26. The lowest BCUT2D eigenvalue weighted by molar-refractivity contribution is 0.414. The summed E-state index contributed by atoms with van der Waals surface area (Å²) in [4.78, 5) is 0.0984. The normalized spacial score (nSPS) is 11.2. The van der Waals surface area contributed by atoms with Crippen molar-refractivity contribution < 1.29 is 13.2 Å². The minimum absolute atomic E-state index is 0.0984. The van der Waals surface area contributed by atoms with Crippen LogP contribution in [-0.2, 0) is 16.6 Å². The molecule has 0 fully saturated rings. The fraction of sp³-hybridized carbons (Fsp3) is 0.200. The number of sulfonamides is 1. The highest BCUT2D eigenvalue weighted by atomic mass is 32.2. The summed E-state index contributed by atoms with van der Waals surface area (Å²) in [6.07, 6.45) is 0. The molecule has 0 atom stereocenters. The molecule has 112 valence electrons. The summed E-state index contributed by atoms with van der Waals surface area (Å²) in [6, 6.07) is 12.4. The van der Waals surface area contributed by atoms with Crippen LogP contribution in [0.25, 0.3) is 0 Å². The van der Waals surface area contributed by atoms with Gasteiger partial charge in [0.25, 0.3) is 0 Å². The Kier molecular flexibility index (Phi) is 4.50. The molecular weight excluding hydrogens is 288 g/mol. The lowest BCUT2D eigenvalue weighted by Gasteiger charge is -2.11. The lowest BCUT2D eigenvalue weighted by Crippen LogP contribution is -2.13. The molecule has 2 rings (SSSR count). The Hall–Kier alpha value is -2.05. The van der Waals surface area contributed by atoms with Crippen LogP contribution in [0.4, 0.5) is 5.69 Å². The third-order valence-electron chi connectivity index (χ3n) is 3.15. The number of methoxy groups -OCH3 is 1. The molecule has 2 aromatic carbocycles. The molecule has 0 saturated heterocycles. The van der Waals surface area contributed by atoms with Crippen LogP contribution in [0.1, 0.15) is 11.1 Å². The number of hydrogen-bond acceptors (Lipinski definition) is 4. The maximum absolute atomic E-state index is 11.4. The van der Waals surface area contributed by atoms with Crippen LogP contribution in [0.2, 0.25) is 0 Å². The quantitative estimate of drug-likeness (QED) is 0.888. The molecule has 0 aliphatic carbocycles. The molecule has 0 bridgehead atoms. The summed E-state index contributed by atoms with van der Waals surface area (Å²) in [5.74, 6) is 0.782. The monoisotopic (exact) mass is 306 g/mol. The number of hydrogen-bond donors (Lipinski definition) is 2. The Balaban J connectivity index is 2.19. The van der Waals surface area contributed by atoms with Crippen molar-refractivity contribution in [2.24, 2.45) is 5.14 Å². The SMILES string of the molecule is COc1cccc(CNc2cc(S(N)(=O)=O)ccc2C)c1. The molecule has 2 aromatic rings. The van der Waals surface area contributed by atoms with Crippen LogP contribution in [0.3, 0.4) is 0 Å². The van der Waals surface area contributed by atoms with Gasteiger partial charge in [0.15, 0.2) is 0 Å². The standard InChI is InChI=1S/C15H18N2O3S/c1-11-6-7-14(21(16,18)19)9-15(11)17-10-12-4-3-5-13(8-12)20-2/h3-9,17H,10H2,1-2H3,(H2,16,18,19). The lowest BCUT2D eigenvalue weighted by atomic mass is 10.1. The number of rotatable bonds is 5. The zero-order valence-corrected chi connectivity index (χ0v) is 12.8. The zero-order chi connectivity index (χ0) is 15.5. The van der Waals surface area contributed by atoms with Gasteiger partial charge in [0.05, 0.1) is 12.0 Å². The van der Waals surface area contributed by atoms with E-state index in [9.17, 15) is 8.42 Å². The number of anilines is 1. The first-order valence-corrected chi connectivity index (χ1v) is 7.95. The average Bonchev–Trinajstić information content (AvgIpc) is 2.45. The van der Waals surface area contributed by atoms with Gasteiger partial charge in [-0.15, -0.1) is 0 Å². The van der Waals surface area contributed by atoms with Crippen molar-refractivity contribution in [1.82, 2.24) is 0 Å². The van der Waals surface area contributed by atoms with Gasteiger partial charge in [0.2, 0.25) is 10.0 Å². The van der Waals surface area contributed by atoms with E-state index < -0.39 is 10.0 Å². The van der Waals surface area contributed by atoms with Crippen molar-refractivity contribution >= 4 is 15.7 Å². The van der Waals surface area contributed by atoms with Gasteiger partial charge in [0, 0.05) is 12.2 Å². The van der Waals surface area contributed by atoms with Crippen LogP contribution >= 0.6 is 0 Å². The molecule has 6 heteroatoms. The molecule has 3 N–H and O–H groups in total. The van der Waals surface area contributed by atoms with E-state index in [-0.39, 0.29) is 4.90 Å². The van der Waals surface area contributed by atoms with Gasteiger partial charge in [-0.1, -0.05) is 18.2 Å². The fourth-order valence-electron chi connectivity index (χ4n) is 1.95. The number of aryl methyl sites for hydroxylation is 1. The first-order valence-electron chi connectivity index (χ1n) is 6.40. The summed E-state index contributed by atoms with van der Waals surface area (Å²) < 4.78 is 27.9. The largest absolute Gasteiger partial charge is 0.497 e. The first-order chi connectivity index (χ1) is 9.90. The highest BCUT2D eigenvalue weighted by molar-refractivity contribution is 7.89. The summed E-state index contributed by atoms with van der Waals surface area (Å²) >= 11 is 0. The van der Waals surface area contributed by atoms with E-state index in [1.54, 1.807) is 19.2 Å². The van der Waals surface area contributed by atoms with E-state index in [0.29, 0.717) is 6.54 Å². The molecule has 0 unspecified atom stereocenters. The molecule has 0 saturated carbocycles. The molecule has 0 spiro atoms. The van der Waals surface area contributed by atoms with Gasteiger partial charge < -0.3 is 10.1 Å². The van der Waals surface area contributed by atoms with Crippen LogP contribution in [-0.4, -0.2) is 15.5 Å². The second-order valence-corrected chi connectivity index (χ2v) is 6.29. The topological polar surface area (TPSA) is 81.4 Å². The minimum atomic E-state index is -3.70. The van der Waals surface area contributed by atoms with Crippen LogP contribution in [0.5, 0.6) is 5.75 Å². The summed E-state index contributed by atoms with van der Waals surface area (Å²) in [7, 11) is -2.08. The van der Waals surface area contributed by atoms with Crippen molar-refractivity contribution in [2.45, 2.75) is 18.4 Å². The Bertz CT molecular complexity index is 742. The van der Waals surface area contributed by atoms with E-state index >= 15 is 0 Å². The zero-order valence-electron chi connectivity index (χ0n) is 12.0. The van der Waals surface area contributed by atoms with E-state index in [4.69, 9.17) is 9.88 Å². The Morgan fingerprint density at radius 1 is 1.19 bits per heavy atom. The van der Waals surface area contributed by atoms with Crippen molar-refractivity contribution in [3.63, 3.8) is 0 Å². The van der Waals surface area contributed by atoms with Gasteiger partial charge in [0.1, 0.15) is 5.75 Å². The van der Waals surface area contributed by atoms with E-state index in [1.807, 2.05) is 31.2 Å². The number of benzene rings is 2. The molecule has 0 aromatic heterocycles. The molecular formula is C15H18N2O3S. The smallest absolute Gasteiger partial charge is 0.238 e. The van der Waals surface area contributed by atoms with Crippen LogP contribution in [0.15, 0.2) is 47.4 Å². The van der Waals surface area contributed by atoms with Crippen molar-refractivity contribution in [3.8, 4) is 5.75 Å².